The quantitative estimate of drug-likeness (QED) is 0.343. The highest BCUT2D eigenvalue weighted by Crippen LogP contribution is 2.32. The first kappa shape index (κ1) is 20.1. The predicted molar refractivity (Wildman–Crippen MR) is 97.8 cm³/mol. The topological polar surface area (TPSA) is 184 Å². The van der Waals surface area contributed by atoms with Crippen molar-refractivity contribution in [2.75, 3.05) is 25.9 Å². The lowest BCUT2D eigenvalue weighted by Gasteiger charge is -2.22. The number of carboxylic acid groups (broad SMARTS) is 1. The number of hydrogen-bond donors (Lipinski definition) is 5. The highest BCUT2D eigenvalue weighted by atomic mass is 16.6. The molecule has 1 aliphatic rings. The number of likely N-dealkylation sites (N-methyl/N-ethyl adjacent to an activating group) is 1. The summed E-state index contributed by atoms with van der Waals surface area (Å²) in [6.45, 7) is 0.718. The summed E-state index contributed by atoms with van der Waals surface area (Å²) < 4.78 is 7.36. The number of imidazole rings is 1. The van der Waals surface area contributed by atoms with E-state index in [9.17, 15) is 15.0 Å². The van der Waals surface area contributed by atoms with Crippen LogP contribution >= 0.6 is 0 Å². The Bertz CT molecular complexity index is 872. The molecule has 2 unspecified atom stereocenters. The Morgan fingerprint density at radius 2 is 2.11 bits per heavy atom. The summed E-state index contributed by atoms with van der Waals surface area (Å²) >= 11 is 0. The molecule has 0 amide bonds. The molecule has 0 bridgehead atoms. The van der Waals surface area contributed by atoms with Crippen LogP contribution in [-0.4, -0.2) is 89.9 Å². The fraction of sp³-hybridized carbons (Fsp3) is 0.562. The minimum Gasteiger partial charge on any atom is -0.481 e. The molecule has 2 aromatic rings. The number of aliphatic hydroxyl groups excluding tert-OH is 2. The number of nitrogen functional groups attached to an aromatic ring is 1. The molecule has 152 valence electrons. The van der Waals surface area contributed by atoms with E-state index in [2.05, 4.69) is 15.0 Å². The average Bonchev–Trinajstić information content (AvgIpc) is 3.17. The Morgan fingerprint density at radius 1 is 1.36 bits per heavy atom. The summed E-state index contributed by atoms with van der Waals surface area (Å²) in [6, 6.07) is 0. The van der Waals surface area contributed by atoms with Gasteiger partial charge in [-0.15, -0.1) is 0 Å². The molecule has 6 N–H and O–H groups in total. The van der Waals surface area contributed by atoms with Crippen molar-refractivity contribution < 1.29 is 24.9 Å². The van der Waals surface area contributed by atoms with Gasteiger partial charge in [-0.1, -0.05) is 0 Å². The number of nitrogens with one attached hydrogen (secondary N) is 1. The van der Waals surface area contributed by atoms with Gasteiger partial charge in [-0.05, 0) is 13.5 Å². The molecular weight excluding hydrogens is 370 g/mol. The molecular formula is C16H23N7O5. The van der Waals surface area contributed by atoms with E-state index >= 15 is 0 Å². The van der Waals surface area contributed by atoms with Gasteiger partial charge in [0.15, 0.2) is 17.7 Å². The van der Waals surface area contributed by atoms with Gasteiger partial charge in [-0.2, -0.15) is 0 Å². The SMILES string of the molecule is CN(CCC(=N)CC(=O)O)C[C@H]1O[C@@H](n2cnc3c(N)ncnc32)C(O)C1O. The minimum absolute atomic E-state index is 0.118. The third kappa shape index (κ3) is 4.09. The molecule has 28 heavy (non-hydrogen) atoms. The standard InChI is InChI=1S/C16H23N7O5/c1-22(3-2-8(17)4-10(24)25)5-9-12(26)13(27)16(28-9)23-7-21-11-14(18)19-6-20-15(11)23/h6-7,9,12-13,16-17,26-27H,2-5H2,1H3,(H,24,25)(H2,18,19,20)/t9-,12?,13?,16-/m1/s1. The second kappa shape index (κ2) is 8.14. The van der Waals surface area contributed by atoms with Gasteiger partial charge in [0.1, 0.15) is 30.2 Å². The van der Waals surface area contributed by atoms with Crippen LogP contribution in [0, 0.1) is 5.41 Å². The fourth-order valence-electron chi connectivity index (χ4n) is 3.16. The summed E-state index contributed by atoms with van der Waals surface area (Å²) in [7, 11) is 1.77. The molecule has 3 rings (SSSR count). The molecule has 12 nitrogen and oxygen atoms in total. The Labute approximate surface area is 160 Å². The number of carbonyl (C=O) groups is 1. The fourth-order valence-corrected chi connectivity index (χ4v) is 3.16. The monoisotopic (exact) mass is 393 g/mol. The van der Waals surface area contributed by atoms with Crippen molar-refractivity contribution in [2.45, 2.75) is 37.4 Å². The van der Waals surface area contributed by atoms with E-state index in [1.807, 2.05) is 4.90 Å². The van der Waals surface area contributed by atoms with Crippen molar-refractivity contribution in [1.29, 1.82) is 5.41 Å². The van der Waals surface area contributed by atoms with Crippen molar-refractivity contribution >= 4 is 28.7 Å². The first-order chi connectivity index (χ1) is 13.3. The van der Waals surface area contributed by atoms with Gasteiger partial charge < -0.3 is 36.1 Å². The van der Waals surface area contributed by atoms with Crippen LogP contribution in [0.3, 0.4) is 0 Å². The largest absolute Gasteiger partial charge is 0.481 e. The van der Waals surface area contributed by atoms with Crippen LogP contribution < -0.4 is 5.73 Å². The number of hydrogen-bond acceptors (Lipinski definition) is 10. The van der Waals surface area contributed by atoms with E-state index in [1.54, 1.807) is 7.05 Å². The number of carboxylic acids is 1. The number of ether oxygens (including phenoxy) is 1. The normalized spacial score (nSPS) is 24.9. The predicted octanol–water partition coefficient (Wildman–Crippen LogP) is -1.16. The molecule has 2 aromatic heterocycles. The number of aromatic nitrogens is 4. The van der Waals surface area contributed by atoms with Crippen LogP contribution in [0.25, 0.3) is 11.2 Å². The van der Waals surface area contributed by atoms with Crippen molar-refractivity contribution in [2.24, 2.45) is 0 Å². The Kier molecular flexibility index (Phi) is 5.84. The van der Waals surface area contributed by atoms with Gasteiger partial charge in [-0.3, -0.25) is 9.36 Å². The summed E-state index contributed by atoms with van der Waals surface area (Å²) in [5.74, 6) is -0.831. The maximum atomic E-state index is 10.6. The lowest BCUT2D eigenvalue weighted by atomic mass is 10.1. The number of nitrogens with zero attached hydrogens (tertiary/aromatic N) is 5. The number of aliphatic carboxylic acids is 1. The van der Waals surface area contributed by atoms with Crippen LogP contribution in [0.4, 0.5) is 5.82 Å². The Balaban J connectivity index is 1.64. The first-order valence-corrected chi connectivity index (χ1v) is 8.69. The maximum Gasteiger partial charge on any atom is 0.309 e. The Morgan fingerprint density at radius 3 is 2.82 bits per heavy atom. The van der Waals surface area contributed by atoms with Gasteiger partial charge in [0.2, 0.25) is 0 Å². The zero-order valence-corrected chi connectivity index (χ0v) is 15.3. The summed E-state index contributed by atoms with van der Waals surface area (Å²) in [6.07, 6.45) is -1.20. The highest BCUT2D eigenvalue weighted by Gasteiger charge is 2.44. The van der Waals surface area contributed by atoms with Gasteiger partial charge in [0, 0.05) is 18.8 Å². The van der Waals surface area contributed by atoms with Crippen molar-refractivity contribution in [3.05, 3.63) is 12.7 Å². The summed E-state index contributed by atoms with van der Waals surface area (Å²) in [5.41, 5.74) is 6.66. The number of aliphatic hydroxyl groups is 2. The molecule has 1 saturated heterocycles. The van der Waals surface area contributed by atoms with E-state index in [0.29, 0.717) is 30.7 Å². The third-order valence-electron chi connectivity index (χ3n) is 4.65. The summed E-state index contributed by atoms with van der Waals surface area (Å²) in [5, 5.41) is 37.2. The molecule has 12 heteroatoms. The van der Waals surface area contributed by atoms with Crippen molar-refractivity contribution in [1.82, 2.24) is 24.4 Å². The minimum atomic E-state index is -1.20. The van der Waals surface area contributed by atoms with Gasteiger partial charge >= 0.3 is 5.97 Å². The number of nitrogens with two attached hydrogens (primary N) is 1. The summed E-state index contributed by atoms with van der Waals surface area (Å²) in [4.78, 5) is 24.6. The highest BCUT2D eigenvalue weighted by molar-refractivity contribution is 5.96. The van der Waals surface area contributed by atoms with Gasteiger partial charge in [0.05, 0.1) is 12.7 Å². The Hall–Kier alpha value is -2.67. The molecule has 1 fully saturated rings. The lowest BCUT2D eigenvalue weighted by molar-refractivity contribution is -0.135. The zero-order chi connectivity index (χ0) is 20.4. The molecule has 1 aliphatic heterocycles. The van der Waals surface area contributed by atoms with Crippen LogP contribution in [0.2, 0.25) is 0 Å². The van der Waals surface area contributed by atoms with E-state index in [1.165, 1.54) is 17.2 Å². The van der Waals surface area contributed by atoms with Gasteiger partial charge in [-0.25, -0.2) is 15.0 Å². The van der Waals surface area contributed by atoms with Gasteiger partial charge in [0.25, 0.3) is 0 Å². The second-order valence-corrected chi connectivity index (χ2v) is 6.82. The molecule has 3 heterocycles. The second-order valence-electron chi connectivity index (χ2n) is 6.82. The third-order valence-corrected chi connectivity index (χ3v) is 4.65. The molecule has 4 atom stereocenters. The van der Waals surface area contributed by atoms with Crippen LogP contribution in [0.5, 0.6) is 0 Å². The first-order valence-electron chi connectivity index (χ1n) is 8.69. The van der Waals surface area contributed by atoms with E-state index in [-0.39, 0.29) is 18.0 Å². The molecule has 0 spiro atoms. The molecule has 0 radical (unpaired) electrons. The maximum absolute atomic E-state index is 10.6. The number of anilines is 1. The van der Waals surface area contributed by atoms with E-state index in [4.69, 9.17) is 21.0 Å². The van der Waals surface area contributed by atoms with E-state index in [0.717, 1.165) is 0 Å². The smallest absolute Gasteiger partial charge is 0.309 e. The lowest BCUT2D eigenvalue weighted by Crippen LogP contribution is -2.39. The average molecular weight is 393 g/mol. The molecule has 0 aromatic carbocycles. The number of rotatable bonds is 8. The van der Waals surface area contributed by atoms with Crippen LogP contribution in [-0.2, 0) is 9.53 Å². The van der Waals surface area contributed by atoms with Crippen molar-refractivity contribution in [3.8, 4) is 0 Å². The van der Waals surface area contributed by atoms with E-state index < -0.39 is 30.5 Å². The number of fused-ring (bicyclic) bond motifs is 1. The zero-order valence-electron chi connectivity index (χ0n) is 15.3. The van der Waals surface area contributed by atoms with Crippen LogP contribution in [0.1, 0.15) is 19.1 Å². The molecule has 0 saturated carbocycles. The van der Waals surface area contributed by atoms with Crippen molar-refractivity contribution in [3.63, 3.8) is 0 Å². The van der Waals surface area contributed by atoms with Crippen LogP contribution in [0.15, 0.2) is 12.7 Å². The molecule has 0 aliphatic carbocycles.